The molecular weight excluding hydrogens is 880 g/mol. The van der Waals surface area contributed by atoms with Gasteiger partial charge in [-0.25, -0.2) is 0 Å². The Bertz CT molecular complexity index is 1280. The molecule has 406 valence electrons. The average molecular weight is 994 g/mol. The van der Waals surface area contributed by atoms with Crippen LogP contribution in [0.3, 0.4) is 0 Å². The Labute approximate surface area is 427 Å². The van der Waals surface area contributed by atoms with Crippen LogP contribution in [0.25, 0.3) is 0 Å². The van der Waals surface area contributed by atoms with Crippen LogP contribution in [0, 0.1) is 0 Å². The maximum atomic E-state index is 13.5. The molecule has 0 aliphatic carbocycles. The minimum absolute atomic E-state index is 0.0211. The number of rotatable bonds is 53. The molecule has 3 unspecified atom stereocenters. The summed E-state index contributed by atoms with van der Waals surface area (Å²) >= 11 is 0. The first-order chi connectivity index (χ1) is 33.4. The van der Waals surface area contributed by atoms with Crippen molar-refractivity contribution in [3.05, 3.63) is 36.5 Å². The number of likely N-dealkylation sites (N-methyl/N-ethyl adjacent to an activating group) is 1. The number of allylic oxidation sites excluding steroid dienone is 5. The van der Waals surface area contributed by atoms with E-state index in [9.17, 15) is 19.0 Å². The highest BCUT2D eigenvalue weighted by Crippen LogP contribution is 2.38. The second-order valence-electron chi connectivity index (χ2n) is 21.2. The summed E-state index contributed by atoms with van der Waals surface area (Å²) in [5, 5.41) is 3.02. The first kappa shape index (κ1) is 67.2. The minimum Gasteiger partial charge on any atom is -0.756 e. The van der Waals surface area contributed by atoms with Gasteiger partial charge in [0, 0.05) is 12.8 Å². The summed E-state index contributed by atoms with van der Waals surface area (Å²) in [6, 6.07) is -0.885. The number of phosphoric ester groups is 1. The molecule has 1 amide bonds. The fourth-order valence-electron chi connectivity index (χ4n) is 8.49. The van der Waals surface area contributed by atoms with Crippen molar-refractivity contribution in [1.29, 1.82) is 0 Å². The molecule has 0 bridgehead atoms. The first-order valence-electron chi connectivity index (χ1n) is 29.3. The van der Waals surface area contributed by atoms with Gasteiger partial charge in [-0.1, -0.05) is 237 Å². The van der Waals surface area contributed by atoms with E-state index in [1.807, 2.05) is 33.3 Å². The third kappa shape index (κ3) is 51.0. The van der Waals surface area contributed by atoms with Gasteiger partial charge in [0.1, 0.15) is 19.3 Å². The zero-order valence-electron chi connectivity index (χ0n) is 46.3. The van der Waals surface area contributed by atoms with Crippen molar-refractivity contribution >= 4 is 19.7 Å². The van der Waals surface area contributed by atoms with Crippen LogP contribution in [0.5, 0.6) is 0 Å². The Hall–Kier alpha value is -1.77. The molecule has 0 aromatic heterocycles. The standard InChI is InChI=1S/C59H113N2O7P/c1-7-10-13-16-19-22-25-27-28-29-30-31-32-34-37-39-42-45-48-51-58(62)60-56(55-67-69(64,65)66-54-53-61(4,5)6)57(50-47-44-41-38-36-33-26-23-20-17-14-11-8-2)68-59(63)52-49-46-43-40-35-24-21-18-15-12-9-3/h19,22,27-28,47,50,56-57H,7-18,20-21,23-26,29-46,48-49,51-55H2,1-6H3,(H-,60,62,64,65)/b22-19-,28-27-,50-47+. The Balaban J connectivity index is 5.28. The van der Waals surface area contributed by atoms with E-state index in [4.69, 9.17) is 13.8 Å². The highest BCUT2D eigenvalue weighted by molar-refractivity contribution is 7.45. The molecule has 9 nitrogen and oxygen atoms in total. The summed E-state index contributed by atoms with van der Waals surface area (Å²) in [4.78, 5) is 39.8. The highest BCUT2D eigenvalue weighted by Gasteiger charge is 2.27. The number of phosphoric acid groups is 1. The van der Waals surface area contributed by atoms with Gasteiger partial charge in [-0.15, -0.1) is 0 Å². The van der Waals surface area contributed by atoms with E-state index < -0.39 is 20.0 Å². The van der Waals surface area contributed by atoms with Gasteiger partial charge in [-0.3, -0.25) is 14.2 Å². The Morgan fingerprint density at radius 2 is 0.884 bits per heavy atom. The molecule has 0 saturated carbocycles. The zero-order valence-corrected chi connectivity index (χ0v) is 47.2. The molecular formula is C59H113N2O7P. The minimum atomic E-state index is -4.69. The van der Waals surface area contributed by atoms with Crippen molar-refractivity contribution in [1.82, 2.24) is 5.32 Å². The number of carbonyl (C=O) groups is 2. The van der Waals surface area contributed by atoms with Crippen molar-refractivity contribution in [3.8, 4) is 0 Å². The van der Waals surface area contributed by atoms with Gasteiger partial charge < -0.3 is 28.5 Å². The normalized spacial score (nSPS) is 14.0. The summed E-state index contributed by atoms with van der Waals surface area (Å²) in [7, 11) is 1.19. The van der Waals surface area contributed by atoms with E-state index in [0.717, 1.165) is 77.0 Å². The largest absolute Gasteiger partial charge is 0.756 e. The number of unbranched alkanes of at least 4 members (excludes halogenated alkanes) is 33. The third-order valence-electron chi connectivity index (χ3n) is 13.1. The second-order valence-corrected chi connectivity index (χ2v) is 22.6. The molecule has 0 rings (SSSR count). The molecule has 0 aliphatic heterocycles. The van der Waals surface area contributed by atoms with Crippen molar-refractivity contribution in [2.75, 3.05) is 40.9 Å². The lowest BCUT2D eigenvalue weighted by molar-refractivity contribution is -0.870. The zero-order chi connectivity index (χ0) is 50.8. The topological polar surface area (TPSA) is 114 Å². The summed E-state index contributed by atoms with van der Waals surface area (Å²) in [6.07, 6.45) is 58.1. The van der Waals surface area contributed by atoms with E-state index >= 15 is 0 Å². The second kappa shape index (κ2) is 49.8. The lowest BCUT2D eigenvalue weighted by Gasteiger charge is -2.30. The molecule has 0 radical (unpaired) electrons. The molecule has 3 atom stereocenters. The SMILES string of the molecule is CCCCC/C=C\C/C=C\CCCCCCCCCCCC(=O)NC(COP(=O)([O-])OCC[N+](C)(C)C)C(/C=C/CCCCCCCCCCCCC)OC(=O)CCCCCCCCCCCCC. The number of carbonyl (C=O) groups excluding carboxylic acids is 2. The Kier molecular flexibility index (Phi) is 48.5. The summed E-state index contributed by atoms with van der Waals surface area (Å²) in [5.41, 5.74) is 0. The van der Waals surface area contributed by atoms with Crippen molar-refractivity contribution < 1.29 is 37.3 Å². The molecule has 10 heteroatoms. The van der Waals surface area contributed by atoms with Gasteiger partial charge in [-0.05, 0) is 63.9 Å². The predicted octanol–water partition coefficient (Wildman–Crippen LogP) is 16.9. The lowest BCUT2D eigenvalue weighted by atomic mass is 10.0. The van der Waals surface area contributed by atoms with Gasteiger partial charge in [0.25, 0.3) is 7.82 Å². The molecule has 0 heterocycles. The number of nitrogens with zero attached hydrogens (tertiary/aromatic N) is 1. The van der Waals surface area contributed by atoms with Crippen LogP contribution in [-0.2, 0) is 27.9 Å². The monoisotopic (exact) mass is 993 g/mol. The number of esters is 1. The molecule has 0 saturated heterocycles. The fraction of sp³-hybridized carbons (Fsp3) is 0.864. The van der Waals surface area contributed by atoms with Crippen LogP contribution < -0.4 is 10.2 Å². The smallest absolute Gasteiger partial charge is 0.306 e. The van der Waals surface area contributed by atoms with Gasteiger partial charge in [0.15, 0.2) is 0 Å². The number of ether oxygens (including phenoxy) is 1. The third-order valence-corrected chi connectivity index (χ3v) is 14.0. The van der Waals surface area contributed by atoms with E-state index in [2.05, 4.69) is 50.4 Å². The number of amides is 1. The number of nitrogens with one attached hydrogen (secondary N) is 1. The van der Waals surface area contributed by atoms with Gasteiger partial charge in [-0.2, -0.15) is 0 Å². The summed E-state index contributed by atoms with van der Waals surface area (Å²) < 4.78 is 30.2. The maximum Gasteiger partial charge on any atom is 0.306 e. The lowest BCUT2D eigenvalue weighted by Crippen LogP contribution is -2.47. The van der Waals surface area contributed by atoms with Crippen LogP contribution in [0.4, 0.5) is 0 Å². The van der Waals surface area contributed by atoms with Crippen molar-refractivity contribution in [2.24, 2.45) is 0 Å². The van der Waals surface area contributed by atoms with Crippen LogP contribution in [-0.4, -0.2) is 69.4 Å². The van der Waals surface area contributed by atoms with Gasteiger partial charge in [0.05, 0.1) is 33.8 Å². The Morgan fingerprint density at radius 1 is 0.507 bits per heavy atom. The van der Waals surface area contributed by atoms with E-state index in [1.165, 1.54) is 167 Å². The number of hydrogen-bond donors (Lipinski definition) is 1. The number of hydrogen-bond acceptors (Lipinski definition) is 7. The molecule has 0 aromatic rings. The van der Waals surface area contributed by atoms with E-state index in [0.29, 0.717) is 17.4 Å². The van der Waals surface area contributed by atoms with E-state index in [-0.39, 0.29) is 31.5 Å². The van der Waals surface area contributed by atoms with Crippen LogP contribution in [0.2, 0.25) is 0 Å². The predicted molar refractivity (Wildman–Crippen MR) is 293 cm³/mol. The van der Waals surface area contributed by atoms with Crippen molar-refractivity contribution in [3.63, 3.8) is 0 Å². The maximum absolute atomic E-state index is 13.5. The van der Waals surface area contributed by atoms with Gasteiger partial charge in [0.2, 0.25) is 5.91 Å². The summed E-state index contributed by atoms with van der Waals surface area (Å²) in [6.45, 7) is 6.83. The van der Waals surface area contributed by atoms with Crippen LogP contribution in [0.1, 0.15) is 278 Å². The summed E-state index contributed by atoms with van der Waals surface area (Å²) in [5.74, 6) is -0.537. The van der Waals surface area contributed by atoms with E-state index in [1.54, 1.807) is 0 Å². The number of quaternary nitrogens is 1. The van der Waals surface area contributed by atoms with Gasteiger partial charge >= 0.3 is 5.97 Å². The molecule has 0 aromatic carbocycles. The average Bonchev–Trinajstić information content (AvgIpc) is 3.31. The molecule has 1 N–H and O–H groups in total. The Morgan fingerprint density at radius 3 is 1.33 bits per heavy atom. The molecule has 0 spiro atoms. The van der Waals surface area contributed by atoms with Crippen LogP contribution in [0.15, 0.2) is 36.5 Å². The fourth-order valence-corrected chi connectivity index (χ4v) is 9.22. The van der Waals surface area contributed by atoms with Crippen LogP contribution >= 0.6 is 7.82 Å². The highest BCUT2D eigenvalue weighted by atomic mass is 31.2. The molecule has 0 fully saturated rings. The molecule has 69 heavy (non-hydrogen) atoms. The quantitative estimate of drug-likeness (QED) is 0.0212. The van der Waals surface area contributed by atoms with Crippen molar-refractivity contribution in [2.45, 2.75) is 290 Å². The molecule has 0 aliphatic rings. The first-order valence-corrected chi connectivity index (χ1v) is 30.8.